The maximum Gasteiger partial charge on any atom is 0.243 e. The molecule has 0 fully saturated rings. The maximum atomic E-state index is 13.5. The van der Waals surface area contributed by atoms with Gasteiger partial charge in [0.2, 0.25) is 5.91 Å². The van der Waals surface area contributed by atoms with E-state index in [4.69, 9.17) is 30.8 Å². The summed E-state index contributed by atoms with van der Waals surface area (Å²) in [7, 11) is 2.25. The van der Waals surface area contributed by atoms with Crippen LogP contribution in [-0.4, -0.2) is 87.5 Å². The molecule has 0 spiro atoms. The fourth-order valence-corrected chi connectivity index (χ4v) is 1.69. The quantitative estimate of drug-likeness (QED) is 0.0165. The Kier molecular flexibility index (Phi) is 66.5. The monoisotopic (exact) mass is 759 g/mol. The summed E-state index contributed by atoms with van der Waals surface area (Å²) < 4.78 is 42.0. The number of carbonyl (C=O) groups is 1. The van der Waals surface area contributed by atoms with E-state index in [1.807, 2.05) is 34.6 Å². The molecule has 1 atom stereocenters. The third-order valence-corrected chi connectivity index (χ3v) is 2.99. The zero-order chi connectivity index (χ0) is 30.5. The molecule has 1 unspecified atom stereocenters. The Morgan fingerprint density at radius 3 is 2.13 bits per heavy atom. The Balaban J connectivity index is -0.000000242. The van der Waals surface area contributed by atoms with Crippen molar-refractivity contribution >= 4 is 18.5 Å². The number of hydrogen-bond acceptors (Lipinski definition) is 12. The Labute approximate surface area is 258 Å². The first-order valence-electron chi connectivity index (χ1n) is 12.4. The molecule has 16 heteroatoms. The average Bonchev–Trinajstić information content (AvgIpc) is 2.93. The molecule has 0 saturated carbocycles. The molecule has 0 aliphatic rings. The van der Waals surface area contributed by atoms with Gasteiger partial charge in [0.15, 0.2) is 11.7 Å². The van der Waals surface area contributed by atoms with Gasteiger partial charge in [-0.05, 0) is 18.2 Å². The van der Waals surface area contributed by atoms with E-state index in [9.17, 15) is 18.7 Å². The summed E-state index contributed by atoms with van der Waals surface area (Å²) in [6, 6.07) is 0. The number of halogens is 2. The number of nitrogens with one attached hydrogen (secondary N) is 4. The number of primary amides is 1. The number of carbonyl (C=O) groups excluding carboxylic acids is 1. The zero-order valence-electron chi connectivity index (χ0n) is 24.1. The molecule has 39 heavy (non-hydrogen) atoms. The minimum Gasteiger partial charge on any atom is -0.569 e. The van der Waals surface area contributed by atoms with Crippen LogP contribution < -0.4 is 33.2 Å². The van der Waals surface area contributed by atoms with Crippen LogP contribution in [0, 0.1) is 7.11 Å². The van der Waals surface area contributed by atoms with Crippen molar-refractivity contribution in [2.45, 2.75) is 47.3 Å². The van der Waals surface area contributed by atoms with Gasteiger partial charge in [0.1, 0.15) is 19.4 Å². The number of amides is 1. The van der Waals surface area contributed by atoms with Crippen molar-refractivity contribution in [3.8, 4) is 0 Å². The number of aliphatic hydroxyl groups is 2. The molecule has 236 valence electrons. The predicted octanol–water partition coefficient (Wildman–Crippen LogP) is 1.18. The molecule has 0 rings (SSSR count). The second-order valence-electron chi connectivity index (χ2n) is 5.81. The number of hydrogen-bond donors (Lipinski definition) is 9. The molecular weight excluding hydrogens is 705 g/mol. The van der Waals surface area contributed by atoms with Gasteiger partial charge in [0, 0.05) is 38.9 Å². The molecule has 1 amide bonds. The molecule has 0 aromatic rings. The Bertz CT molecular complexity index is 520. The largest absolute Gasteiger partial charge is 0.569 e. The third kappa shape index (κ3) is 54.4. The van der Waals surface area contributed by atoms with Gasteiger partial charge in [-0.15, -0.1) is 0 Å². The van der Waals surface area contributed by atoms with E-state index in [1.54, 1.807) is 0 Å². The summed E-state index contributed by atoms with van der Waals surface area (Å²) >= 11 is 3.79. The first kappa shape index (κ1) is 51.4. The van der Waals surface area contributed by atoms with Crippen molar-refractivity contribution in [1.29, 1.82) is 0 Å². The third-order valence-electron chi connectivity index (χ3n) is 2.99. The Morgan fingerprint density at radius 1 is 1.03 bits per heavy atom. The number of ether oxygens (including phenoxy) is 3. The number of nitrogens with two attached hydrogens (primary N) is 2. The summed E-state index contributed by atoms with van der Waals surface area (Å²) in [4.78, 5) is 10.4. The maximum absolute atomic E-state index is 13.5. The van der Waals surface area contributed by atoms with Crippen molar-refractivity contribution in [1.82, 2.24) is 21.7 Å². The second-order valence-corrected chi connectivity index (χ2v) is 6.44. The standard InChI is InChI=1S/C16H32F2N6O5.C2H6S.2C2H6.CH3O.Hf/c17-13(3-1-2-4-22-24-23-12-19)14(18)9-29-11-16(26)21-5-6-27-7-8-28-10-15(20)25;1-2-3;3*1-2;/h1,3,16,21-24,26H,2,4-12,19H2,(H2,20,25);3H,2H2,1H3;2*1-2H3;2H,1H2;/q;;;;-1;/b3-1-,14-13-;;;;;. The van der Waals surface area contributed by atoms with E-state index in [-0.39, 0.29) is 65.5 Å². The molecule has 0 aliphatic heterocycles. The van der Waals surface area contributed by atoms with E-state index in [0.717, 1.165) is 11.8 Å². The Morgan fingerprint density at radius 2 is 1.59 bits per heavy atom. The van der Waals surface area contributed by atoms with Gasteiger partial charge in [-0.3, -0.25) is 10.1 Å². The number of aliphatic hydroxyl groups excluding tert-OH is 2. The fourth-order valence-electron chi connectivity index (χ4n) is 1.69. The van der Waals surface area contributed by atoms with E-state index in [0.29, 0.717) is 19.5 Å². The minimum atomic E-state index is -1.07. The van der Waals surface area contributed by atoms with Gasteiger partial charge in [-0.25, -0.2) is 26.7 Å². The molecule has 0 aromatic heterocycles. The molecule has 0 radical (unpaired) electrons. The fraction of sp³-hybridized carbons (Fsp3) is 0.739. The van der Waals surface area contributed by atoms with Gasteiger partial charge in [-0.1, -0.05) is 40.7 Å². The van der Waals surface area contributed by atoms with Gasteiger partial charge in [0.25, 0.3) is 0 Å². The second kappa shape index (κ2) is 50.5. The number of thiol groups is 1. The van der Waals surface area contributed by atoms with Crippen molar-refractivity contribution in [2.75, 3.05) is 65.2 Å². The number of allylic oxidation sites excluding steroid dienone is 2. The van der Waals surface area contributed by atoms with E-state index in [2.05, 4.69) is 41.4 Å². The molecule has 0 heterocycles. The number of rotatable bonds is 20. The summed E-state index contributed by atoms with van der Waals surface area (Å²) in [5, 5.41) is 19.1. The first-order chi connectivity index (χ1) is 18.4. The van der Waals surface area contributed by atoms with Gasteiger partial charge in [0.05, 0.1) is 33.1 Å². The van der Waals surface area contributed by atoms with Crippen LogP contribution in [0.5, 0.6) is 0 Å². The molecule has 0 saturated heterocycles. The normalized spacial score (nSPS) is 11.1. The van der Waals surface area contributed by atoms with Crippen LogP contribution in [0.2, 0.25) is 0 Å². The van der Waals surface area contributed by atoms with Gasteiger partial charge < -0.3 is 35.9 Å². The zero-order valence-corrected chi connectivity index (χ0v) is 28.6. The smallest absolute Gasteiger partial charge is 0.243 e. The Hall–Kier alpha value is -0.370. The van der Waals surface area contributed by atoms with Crippen LogP contribution in [-0.2, 0) is 44.8 Å². The average molecular weight is 758 g/mol. The molecule has 10 N–H and O–H groups in total. The topological polar surface area (TPSA) is 185 Å². The van der Waals surface area contributed by atoms with Crippen LogP contribution in [0.15, 0.2) is 23.8 Å². The van der Waals surface area contributed by atoms with Gasteiger partial charge in [-0.2, -0.15) is 18.2 Å². The van der Waals surface area contributed by atoms with Crippen molar-refractivity contribution in [2.24, 2.45) is 11.5 Å². The van der Waals surface area contributed by atoms with Crippen LogP contribution >= 0.6 is 12.6 Å². The molecule has 0 bridgehead atoms. The van der Waals surface area contributed by atoms with E-state index < -0.39 is 30.4 Å². The predicted molar refractivity (Wildman–Crippen MR) is 152 cm³/mol. The summed E-state index contributed by atoms with van der Waals surface area (Å²) in [5.41, 5.74) is 18.0. The summed E-state index contributed by atoms with van der Waals surface area (Å²) in [6.07, 6.45) is 1.87. The van der Waals surface area contributed by atoms with Crippen LogP contribution in [0.25, 0.3) is 0 Å². The summed E-state index contributed by atoms with van der Waals surface area (Å²) in [5.74, 6) is -1.71. The van der Waals surface area contributed by atoms with E-state index in [1.165, 1.54) is 6.08 Å². The van der Waals surface area contributed by atoms with E-state index >= 15 is 0 Å². The molecule has 0 aromatic carbocycles. The van der Waals surface area contributed by atoms with Gasteiger partial charge >= 0.3 is 0 Å². The first-order valence-corrected chi connectivity index (χ1v) is 13.0. The van der Waals surface area contributed by atoms with Crippen molar-refractivity contribution in [3.63, 3.8) is 0 Å². The van der Waals surface area contributed by atoms with Crippen LogP contribution in [0.1, 0.15) is 41.0 Å². The van der Waals surface area contributed by atoms with Crippen LogP contribution in [0.3, 0.4) is 0 Å². The summed E-state index contributed by atoms with van der Waals surface area (Å²) in [6.45, 7) is 10.8. The SMILES string of the molecule is CC.CC.CCS.NCNNNCC/C=C\C(F)=C(\F)COCC(O)NCCOCCOCC(N)=O.[CH2-]O.[Hf]. The van der Waals surface area contributed by atoms with Crippen molar-refractivity contribution in [3.05, 3.63) is 30.9 Å². The minimum absolute atomic E-state index is 0. The molecule has 12 nitrogen and oxygen atoms in total. The van der Waals surface area contributed by atoms with Crippen LogP contribution in [0.4, 0.5) is 8.78 Å². The molecule has 0 aliphatic carbocycles. The van der Waals surface area contributed by atoms with Crippen molar-refractivity contribution < 1.29 is 63.8 Å². The molecular formula is C23H53F2HfN6O6S-. The number of hydrazine groups is 2.